The number of carbonyl (C=O) groups excluding carboxylic acids is 3. The Morgan fingerprint density at radius 3 is 2.33 bits per heavy atom. The monoisotopic (exact) mass is 544 g/mol. The summed E-state index contributed by atoms with van der Waals surface area (Å²) in [5.41, 5.74) is -0.454. The number of barbiturate groups is 1. The molecule has 1 saturated heterocycles. The minimum atomic E-state index is -0.895. The van der Waals surface area contributed by atoms with Gasteiger partial charge in [0.1, 0.15) is 5.57 Å². The highest BCUT2D eigenvalue weighted by molar-refractivity contribution is 6.39. The Labute approximate surface area is 226 Å². The average Bonchev–Trinajstić information content (AvgIpc) is 2.92. The first kappa shape index (κ1) is 27.2. The molecular formula is C27H20N4O9. The van der Waals surface area contributed by atoms with Crippen molar-refractivity contribution in [2.45, 2.75) is 6.42 Å². The largest absolute Gasteiger partial charge is 0.493 e. The summed E-state index contributed by atoms with van der Waals surface area (Å²) in [5, 5.41) is 24.8. The standard InChI is InChI=1S/C27H20N4O9/c1-3-7-17-12-16(13-20-25(32)28-27(34)29(26(20)33)18-8-5-4-6-9-18)14-23(39-2)24(17)40-22-11-10-19(30(35)36)15-21(22)31(37)38/h3-6,8-15H,1,7H2,2H3,(H,28,32,34)/b20-13+. The van der Waals surface area contributed by atoms with E-state index in [0.29, 0.717) is 11.1 Å². The van der Waals surface area contributed by atoms with Crippen LogP contribution in [0.2, 0.25) is 0 Å². The van der Waals surface area contributed by atoms with Gasteiger partial charge < -0.3 is 9.47 Å². The van der Waals surface area contributed by atoms with Crippen LogP contribution in [0.5, 0.6) is 17.2 Å². The van der Waals surface area contributed by atoms with Gasteiger partial charge >= 0.3 is 11.7 Å². The number of nitrogens with one attached hydrogen (secondary N) is 1. The number of para-hydroxylation sites is 1. The van der Waals surface area contributed by atoms with Crippen molar-refractivity contribution < 1.29 is 33.7 Å². The summed E-state index contributed by atoms with van der Waals surface area (Å²) in [5.74, 6) is -1.87. The zero-order valence-corrected chi connectivity index (χ0v) is 20.9. The van der Waals surface area contributed by atoms with Gasteiger partial charge in [0.25, 0.3) is 17.5 Å². The maximum Gasteiger partial charge on any atom is 0.335 e. The number of nitro benzene ring substituents is 2. The zero-order valence-electron chi connectivity index (χ0n) is 20.9. The predicted molar refractivity (Wildman–Crippen MR) is 142 cm³/mol. The Hall–Kier alpha value is -5.85. The second kappa shape index (κ2) is 11.3. The lowest BCUT2D eigenvalue weighted by Gasteiger charge is -2.26. The summed E-state index contributed by atoms with van der Waals surface area (Å²) >= 11 is 0. The molecule has 13 heteroatoms. The maximum atomic E-state index is 13.2. The highest BCUT2D eigenvalue weighted by Crippen LogP contribution is 2.41. The van der Waals surface area contributed by atoms with Crippen molar-refractivity contribution in [2.24, 2.45) is 0 Å². The van der Waals surface area contributed by atoms with Crippen LogP contribution in [-0.2, 0) is 16.0 Å². The van der Waals surface area contributed by atoms with Crippen molar-refractivity contribution in [1.82, 2.24) is 5.32 Å². The van der Waals surface area contributed by atoms with Crippen molar-refractivity contribution in [1.29, 1.82) is 0 Å². The number of anilines is 1. The van der Waals surface area contributed by atoms with E-state index in [9.17, 15) is 34.6 Å². The van der Waals surface area contributed by atoms with Gasteiger partial charge in [-0.1, -0.05) is 24.3 Å². The summed E-state index contributed by atoms with van der Waals surface area (Å²) in [7, 11) is 1.31. The van der Waals surface area contributed by atoms with E-state index in [0.717, 1.165) is 23.1 Å². The van der Waals surface area contributed by atoms with Crippen LogP contribution in [0, 0.1) is 20.2 Å². The molecule has 1 aliphatic heterocycles. The summed E-state index contributed by atoms with van der Waals surface area (Å²) in [4.78, 5) is 60.2. The third-order valence-electron chi connectivity index (χ3n) is 5.73. The normalized spacial score (nSPS) is 14.1. The molecule has 3 aromatic rings. The molecule has 4 rings (SSSR count). The first-order valence-corrected chi connectivity index (χ1v) is 11.5. The molecule has 1 fully saturated rings. The van der Waals surface area contributed by atoms with Crippen LogP contribution in [0.15, 0.2) is 78.9 Å². The second-order valence-electron chi connectivity index (χ2n) is 8.27. The summed E-state index contributed by atoms with van der Waals surface area (Å²) in [6.45, 7) is 3.70. The molecule has 13 nitrogen and oxygen atoms in total. The summed E-state index contributed by atoms with van der Waals surface area (Å²) in [6, 6.07) is 13.1. The van der Waals surface area contributed by atoms with Crippen LogP contribution in [0.1, 0.15) is 11.1 Å². The number of urea groups is 1. The van der Waals surface area contributed by atoms with E-state index in [1.165, 1.54) is 25.3 Å². The number of imide groups is 2. The summed E-state index contributed by atoms with van der Waals surface area (Å²) < 4.78 is 11.3. The average molecular weight is 544 g/mol. The van der Waals surface area contributed by atoms with Crippen LogP contribution >= 0.6 is 0 Å². The highest BCUT2D eigenvalue weighted by atomic mass is 16.6. The van der Waals surface area contributed by atoms with Gasteiger partial charge in [-0.15, -0.1) is 6.58 Å². The van der Waals surface area contributed by atoms with E-state index in [1.54, 1.807) is 36.4 Å². The van der Waals surface area contributed by atoms with Crippen LogP contribution in [0.4, 0.5) is 21.9 Å². The van der Waals surface area contributed by atoms with Gasteiger partial charge in [-0.25, -0.2) is 9.69 Å². The second-order valence-corrected chi connectivity index (χ2v) is 8.27. The lowest BCUT2D eigenvalue weighted by atomic mass is 10.0. The molecule has 1 N–H and O–H groups in total. The van der Waals surface area contributed by atoms with E-state index >= 15 is 0 Å². The molecule has 1 aliphatic rings. The van der Waals surface area contributed by atoms with Gasteiger partial charge in [0.15, 0.2) is 11.5 Å². The number of rotatable bonds is 9. The van der Waals surface area contributed by atoms with Crippen LogP contribution in [0.25, 0.3) is 6.08 Å². The molecule has 4 amide bonds. The highest BCUT2D eigenvalue weighted by Gasteiger charge is 2.37. The predicted octanol–water partition coefficient (Wildman–Crippen LogP) is 4.70. The maximum absolute atomic E-state index is 13.2. The Bertz CT molecular complexity index is 1600. The van der Waals surface area contributed by atoms with Gasteiger partial charge in [-0.05, 0) is 48.4 Å². The number of allylic oxidation sites excluding steroid dienone is 1. The van der Waals surface area contributed by atoms with E-state index in [2.05, 4.69) is 11.9 Å². The lowest BCUT2D eigenvalue weighted by Crippen LogP contribution is -2.54. The molecule has 3 aromatic carbocycles. The van der Waals surface area contributed by atoms with Crippen LogP contribution < -0.4 is 19.7 Å². The van der Waals surface area contributed by atoms with Crippen molar-refractivity contribution in [2.75, 3.05) is 12.0 Å². The minimum absolute atomic E-state index is 0.0574. The van der Waals surface area contributed by atoms with E-state index in [1.807, 2.05) is 0 Å². The number of non-ortho nitro benzene ring substituents is 1. The quantitative estimate of drug-likeness (QED) is 0.132. The fraction of sp³-hybridized carbons (Fsp3) is 0.0741. The topological polar surface area (TPSA) is 171 Å². The Balaban J connectivity index is 1.78. The molecule has 202 valence electrons. The molecule has 0 radical (unpaired) electrons. The van der Waals surface area contributed by atoms with Gasteiger partial charge in [0, 0.05) is 11.6 Å². The number of methoxy groups -OCH3 is 1. The first-order chi connectivity index (χ1) is 19.1. The van der Waals surface area contributed by atoms with E-state index in [4.69, 9.17) is 9.47 Å². The van der Waals surface area contributed by atoms with Gasteiger partial charge in [-0.3, -0.25) is 35.1 Å². The molecule has 0 aliphatic carbocycles. The first-order valence-electron chi connectivity index (χ1n) is 11.5. The fourth-order valence-corrected chi connectivity index (χ4v) is 3.94. The van der Waals surface area contributed by atoms with Crippen molar-refractivity contribution in [3.05, 3.63) is 110 Å². The van der Waals surface area contributed by atoms with Crippen molar-refractivity contribution >= 4 is 41.0 Å². The van der Waals surface area contributed by atoms with Gasteiger partial charge in [-0.2, -0.15) is 0 Å². The molecule has 40 heavy (non-hydrogen) atoms. The number of hydrogen-bond acceptors (Lipinski definition) is 9. The molecule has 1 heterocycles. The molecule has 0 bridgehead atoms. The van der Waals surface area contributed by atoms with E-state index in [-0.39, 0.29) is 34.9 Å². The van der Waals surface area contributed by atoms with Crippen molar-refractivity contribution in [3.8, 4) is 17.2 Å². The number of nitro groups is 2. The van der Waals surface area contributed by atoms with Gasteiger partial charge in [0.05, 0.1) is 28.7 Å². The van der Waals surface area contributed by atoms with Gasteiger partial charge in [0.2, 0.25) is 5.75 Å². The smallest absolute Gasteiger partial charge is 0.335 e. The third-order valence-corrected chi connectivity index (χ3v) is 5.73. The van der Waals surface area contributed by atoms with Crippen LogP contribution in [-0.4, -0.2) is 34.8 Å². The Morgan fingerprint density at radius 1 is 0.975 bits per heavy atom. The SMILES string of the molecule is C=CCc1cc(/C=C2\C(=O)NC(=O)N(c3ccccc3)C2=O)cc(OC)c1Oc1ccc([N+](=O)[O-])cc1[N+](=O)[O-]. The molecule has 0 aromatic heterocycles. The molecule has 0 spiro atoms. The number of ether oxygens (including phenoxy) is 2. The molecule has 0 atom stereocenters. The number of nitrogens with zero attached hydrogens (tertiary/aromatic N) is 3. The zero-order chi connectivity index (χ0) is 29.0. The molecule has 0 unspecified atom stereocenters. The Morgan fingerprint density at radius 2 is 1.70 bits per heavy atom. The number of hydrogen-bond donors (Lipinski definition) is 1. The summed E-state index contributed by atoms with van der Waals surface area (Å²) in [6.07, 6.45) is 2.97. The Kier molecular flexibility index (Phi) is 7.66. The lowest BCUT2D eigenvalue weighted by molar-refractivity contribution is -0.394. The number of amides is 4. The minimum Gasteiger partial charge on any atom is -0.493 e. The number of benzene rings is 3. The van der Waals surface area contributed by atoms with Crippen molar-refractivity contribution in [3.63, 3.8) is 0 Å². The molecular weight excluding hydrogens is 524 g/mol. The molecule has 0 saturated carbocycles. The fourth-order valence-electron chi connectivity index (χ4n) is 3.94. The third kappa shape index (κ3) is 5.38. The van der Waals surface area contributed by atoms with E-state index < -0.39 is 39.1 Å². The number of carbonyl (C=O) groups is 3. The van der Waals surface area contributed by atoms with Crippen LogP contribution in [0.3, 0.4) is 0 Å².